The third-order valence-electron chi connectivity index (χ3n) is 6.36. The van der Waals surface area contributed by atoms with Gasteiger partial charge in [-0.3, -0.25) is 24.1 Å². The maximum absolute atomic E-state index is 13.8. The van der Waals surface area contributed by atoms with Crippen LogP contribution in [-0.4, -0.2) is 46.3 Å². The van der Waals surface area contributed by atoms with Crippen molar-refractivity contribution < 1.29 is 23.7 Å². The van der Waals surface area contributed by atoms with Crippen molar-refractivity contribution in [2.75, 3.05) is 27.0 Å². The number of nitrogens with zero attached hydrogens (tertiary/aromatic N) is 2. The standard InChI is InChI=1S/C28H33N5O5S2/c1-18-15-24(32-38-18)31-25(35)16-39-17-26(36)33(22-12-10-21(11-13-22)29-19(2)34)27(23-9-6-14-40-23)28(37)30-20-7-4-3-5-8-20/h6,9-15,20,27H,3-5,7-8,16-17H2,1-2H3,(H,29,34)(H,30,37)(H,31,32,35). The van der Waals surface area contributed by atoms with E-state index in [9.17, 15) is 19.2 Å². The van der Waals surface area contributed by atoms with E-state index in [4.69, 9.17) is 4.52 Å². The molecule has 0 bridgehead atoms. The molecule has 10 nitrogen and oxygen atoms in total. The van der Waals surface area contributed by atoms with Crippen LogP contribution in [0.25, 0.3) is 0 Å². The molecule has 1 atom stereocenters. The molecule has 212 valence electrons. The maximum Gasteiger partial charge on any atom is 0.248 e. The van der Waals surface area contributed by atoms with E-state index in [0.29, 0.717) is 23.0 Å². The van der Waals surface area contributed by atoms with Crippen LogP contribution in [0.2, 0.25) is 0 Å². The predicted octanol–water partition coefficient (Wildman–Crippen LogP) is 4.90. The molecule has 40 heavy (non-hydrogen) atoms. The van der Waals surface area contributed by atoms with Gasteiger partial charge in [-0.05, 0) is 55.5 Å². The molecule has 2 heterocycles. The Hall–Kier alpha value is -3.64. The molecular formula is C28H33N5O5S2. The Morgan fingerprint density at radius 3 is 2.45 bits per heavy atom. The quantitative estimate of drug-likeness (QED) is 0.292. The van der Waals surface area contributed by atoms with Gasteiger partial charge in [-0.15, -0.1) is 23.1 Å². The van der Waals surface area contributed by atoms with Crippen LogP contribution >= 0.6 is 23.1 Å². The number of nitrogens with one attached hydrogen (secondary N) is 3. The molecule has 2 aromatic heterocycles. The lowest BCUT2D eigenvalue weighted by atomic mass is 9.95. The van der Waals surface area contributed by atoms with Crippen LogP contribution in [0.15, 0.2) is 52.4 Å². The number of amides is 4. The van der Waals surface area contributed by atoms with E-state index < -0.39 is 6.04 Å². The second kappa shape index (κ2) is 14.1. The zero-order valence-corrected chi connectivity index (χ0v) is 24.1. The Kier molecular flexibility index (Phi) is 10.4. The summed E-state index contributed by atoms with van der Waals surface area (Å²) >= 11 is 2.55. The van der Waals surface area contributed by atoms with E-state index in [2.05, 4.69) is 21.1 Å². The van der Waals surface area contributed by atoms with E-state index in [0.717, 1.165) is 48.7 Å². The zero-order valence-electron chi connectivity index (χ0n) is 22.5. The van der Waals surface area contributed by atoms with Gasteiger partial charge in [0.1, 0.15) is 11.8 Å². The Morgan fingerprint density at radius 1 is 1.07 bits per heavy atom. The van der Waals surface area contributed by atoms with Gasteiger partial charge >= 0.3 is 0 Å². The summed E-state index contributed by atoms with van der Waals surface area (Å²) in [5.41, 5.74) is 1.09. The summed E-state index contributed by atoms with van der Waals surface area (Å²) in [6, 6.07) is 11.3. The van der Waals surface area contributed by atoms with E-state index in [-0.39, 0.29) is 41.2 Å². The van der Waals surface area contributed by atoms with Gasteiger partial charge in [-0.1, -0.05) is 30.5 Å². The predicted molar refractivity (Wildman–Crippen MR) is 158 cm³/mol. The second-order valence-corrected chi connectivity index (χ2v) is 11.6. The lowest BCUT2D eigenvalue weighted by Gasteiger charge is -2.33. The van der Waals surface area contributed by atoms with Crippen molar-refractivity contribution in [2.24, 2.45) is 0 Å². The number of rotatable bonds is 11. The summed E-state index contributed by atoms with van der Waals surface area (Å²) in [4.78, 5) is 53.7. The minimum atomic E-state index is -0.881. The molecule has 0 aliphatic heterocycles. The van der Waals surface area contributed by atoms with Gasteiger partial charge in [0.15, 0.2) is 5.82 Å². The maximum atomic E-state index is 13.8. The van der Waals surface area contributed by atoms with Crippen molar-refractivity contribution in [1.82, 2.24) is 10.5 Å². The Morgan fingerprint density at radius 2 is 1.82 bits per heavy atom. The average Bonchev–Trinajstić information content (AvgIpc) is 3.60. The minimum absolute atomic E-state index is 0.0187. The second-order valence-electron chi connectivity index (χ2n) is 9.62. The molecule has 0 saturated heterocycles. The molecule has 0 radical (unpaired) electrons. The van der Waals surface area contributed by atoms with E-state index in [1.807, 2.05) is 17.5 Å². The highest BCUT2D eigenvalue weighted by molar-refractivity contribution is 8.00. The van der Waals surface area contributed by atoms with Crippen molar-refractivity contribution in [3.8, 4) is 0 Å². The van der Waals surface area contributed by atoms with Crippen LogP contribution in [0, 0.1) is 6.92 Å². The monoisotopic (exact) mass is 583 g/mol. The van der Waals surface area contributed by atoms with Crippen molar-refractivity contribution in [3.63, 3.8) is 0 Å². The molecule has 1 saturated carbocycles. The number of hydrogen-bond donors (Lipinski definition) is 3. The van der Waals surface area contributed by atoms with Gasteiger partial charge in [0.2, 0.25) is 23.6 Å². The molecule has 1 aliphatic rings. The Labute approximate surface area is 241 Å². The summed E-state index contributed by atoms with van der Waals surface area (Å²) in [5.74, 6) is -0.210. The SMILES string of the molecule is CC(=O)Nc1ccc(N(C(=O)CSCC(=O)Nc2cc(C)on2)C(C(=O)NC2CCCCC2)c2cccs2)cc1. The lowest BCUT2D eigenvalue weighted by Crippen LogP contribution is -2.47. The highest BCUT2D eigenvalue weighted by Crippen LogP contribution is 2.33. The molecule has 4 rings (SSSR count). The van der Waals surface area contributed by atoms with Crippen LogP contribution in [0.4, 0.5) is 17.2 Å². The number of carbonyl (C=O) groups is 4. The van der Waals surface area contributed by atoms with E-state index in [1.54, 1.807) is 37.3 Å². The normalized spacial score (nSPS) is 14.2. The number of carbonyl (C=O) groups excluding carboxylic acids is 4. The highest BCUT2D eigenvalue weighted by Gasteiger charge is 2.34. The van der Waals surface area contributed by atoms with Gasteiger partial charge < -0.3 is 20.5 Å². The summed E-state index contributed by atoms with van der Waals surface area (Å²) in [5, 5.41) is 14.2. The first kappa shape index (κ1) is 29.3. The van der Waals surface area contributed by atoms with Crippen LogP contribution < -0.4 is 20.9 Å². The number of thioether (sulfide) groups is 1. The van der Waals surface area contributed by atoms with Gasteiger partial charge in [0, 0.05) is 35.3 Å². The van der Waals surface area contributed by atoms with Gasteiger partial charge in [-0.2, -0.15) is 0 Å². The Bertz CT molecular complexity index is 1300. The number of aryl methyl sites for hydroxylation is 1. The molecule has 1 unspecified atom stereocenters. The van der Waals surface area contributed by atoms with Crippen LogP contribution in [0.5, 0.6) is 0 Å². The van der Waals surface area contributed by atoms with E-state index >= 15 is 0 Å². The molecule has 3 aromatic rings. The molecular weight excluding hydrogens is 550 g/mol. The van der Waals surface area contributed by atoms with Crippen molar-refractivity contribution in [3.05, 3.63) is 58.5 Å². The van der Waals surface area contributed by atoms with Gasteiger partial charge in [-0.25, -0.2) is 0 Å². The fraction of sp³-hybridized carbons (Fsp3) is 0.393. The van der Waals surface area contributed by atoms with Crippen LogP contribution in [0.1, 0.15) is 55.7 Å². The number of hydrogen-bond acceptors (Lipinski definition) is 8. The fourth-order valence-corrected chi connectivity index (χ4v) is 6.08. The summed E-state index contributed by atoms with van der Waals surface area (Å²) < 4.78 is 4.96. The first-order valence-corrected chi connectivity index (χ1v) is 15.2. The minimum Gasteiger partial charge on any atom is -0.360 e. The molecule has 1 aliphatic carbocycles. The number of anilines is 3. The largest absolute Gasteiger partial charge is 0.360 e. The summed E-state index contributed by atoms with van der Waals surface area (Å²) in [6.45, 7) is 3.14. The van der Waals surface area contributed by atoms with Crippen molar-refractivity contribution >= 4 is 63.9 Å². The smallest absolute Gasteiger partial charge is 0.248 e. The van der Waals surface area contributed by atoms with Crippen LogP contribution in [-0.2, 0) is 19.2 Å². The first-order valence-electron chi connectivity index (χ1n) is 13.1. The van der Waals surface area contributed by atoms with Crippen molar-refractivity contribution in [2.45, 2.75) is 58.0 Å². The Balaban J connectivity index is 1.54. The third-order valence-corrected chi connectivity index (χ3v) is 8.20. The van der Waals surface area contributed by atoms with Gasteiger partial charge in [0.05, 0.1) is 11.5 Å². The average molecular weight is 584 g/mol. The highest BCUT2D eigenvalue weighted by atomic mass is 32.2. The molecule has 0 spiro atoms. The molecule has 1 aromatic carbocycles. The number of thiophene rings is 1. The fourth-order valence-electron chi connectivity index (χ4n) is 4.60. The topological polar surface area (TPSA) is 134 Å². The first-order chi connectivity index (χ1) is 19.3. The summed E-state index contributed by atoms with van der Waals surface area (Å²) in [6.07, 6.45) is 5.12. The zero-order chi connectivity index (χ0) is 28.5. The van der Waals surface area contributed by atoms with Crippen LogP contribution in [0.3, 0.4) is 0 Å². The van der Waals surface area contributed by atoms with E-state index in [1.165, 1.54) is 23.2 Å². The summed E-state index contributed by atoms with van der Waals surface area (Å²) in [7, 11) is 0. The van der Waals surface area contributed by atoms with Crippen molar-refractivity contribution in [1.29, 1.82) is 0 Å². The lowest BCUT2D eigenvalue weighted by molar-refractivity contribution is -0.126. The molecule has 1 fully saturated rings. The third kappa shape index (κ3) is 8.18. The van der Waals surface area contributed by atoms with Gasteiger partial charge in [0.25, 0.3) is 0 Å². The number of aromatic nitrogens is 1. The number of benzene rings is 1. The molecule has 4 amide bonds. The molecule has 3 N–H and O–H groups in total. The molecule has 12 heteroatoms.